The van der Waals surface area contributed by atoms with Crippen molar-refractivity contribution in [2.24, 2.45) is 0 Å². The van der Waals surface area contributed by atoms with Gasteiger partial charge in [0.2, 0.25) is 0 Å². The number of amides is 2. The van der Waals surface area contributed by atoms with Crippen LogP contribution in [0, 0.1) is 0 Å². The Labute approximate surface area is 168 Å². The Kier molecular flexibility index (Phi) is 4.26. The molecule has 0 saturated heterocycles. The fourth-order valence-electron chi connectivity index (χ4n) is 3.85. The fourth-order valence-corrected chi connectivity index (χ4v) is 3.85. The minimum absolute atomic E-state index is 0.202. The number of benzene rings is 3. The molecule has 2 N–H and O–H groups in total. The lowest BCUT2D eigenvalue weighted by Gasteiger charge is -2.17. The number of hydrogen-bond donors (Lipinski definition) is 2. The second kappa shape index (κ2) is 7.20. The van der Waals surface area contributed by atoms with Crippen molar-refractivity contribution in [3.8, 4) is 22.4 Å². The highest BCUT2D eigenvalue weighted by molar-refractivity contribution is 5.94. The summed E-state index contributed by atoms with van der Waals surface area (Å²) in [5.74, 6) is 0. The Balaban J connectivity index is 1.43. The lowest BCUT2D eigenvalue weighted by Crippen LogP contribution is -2.32. The minimum Gasteiger partial charge on any atom is -0.327 e. The quantitative estimate of drug-likeness (QED) is 0.525. The highest BCUT2D eigenvalue weighted by Crippen LogP contribution is 2.43. The zero-order valence-electron chi connectivity index (χ0n) is 15.5. The van der Waals surface area contributed by atoms with Gasteiger partial charge in [0, 0.05) is 5.56 Å². The Morgan fingerprint density at radius 3 is 2.10 bits per heavy atom. The van der Waals surface area contributed by atoms with Crippen molar-refractivity contribution in [2.75, 3.05) is 5.32 Å². The predicted octanol–water partition coefficient (Wildman–Crippen LogP) is 5.04. The second-order valence-electron chi connectivity index (χ2n) is 6.86. The largest absolute Gasteiger partial charge is 0.327 e. The monoisotopic (exact) mass is 378 g/mol. The Morgan fingerprint density at radius 1 is 0.793 bits per heavy atom. The summed E-state index contributed by atoms with van der Waals surface area (Å²) in [5, 5.41) is 6.04. The summed E-state index contributed by atoms with van der Waals surface area (Å²) in [6, 6.07) is 25.6. The van der Waals surface area contributed by atoms with Crippen LogP contribution in [0.1, 0.15) is 17.2 Å². The second-order valence-corrected chi connectivity index (χ2v) is 6.86. The lowest BCUT2D eigenvalue weighted by atomic mass is 10.1. The molecule has 1 aliphatic carbocycles. The van der Waals surface area contributed by atoms with Gasteiger partial charge in [0.1, 0.15) is 6.33 Å². The van der Waals surface area contributed by atoms with Crippen LogP contribution in [0.15, 0.2) is 91.4 Å². The zero-order valence-corrected chi connectivity index (χ0v) is 15.5. The van der Waals surface area contributed by atoms with Crippen LogP contribution < -0.4 is 10.6 Å². The molecule has 5 heteroatoms. The molecule has 0 spiro atoms. The van der Waals surface area contributed by atoms with E-state index in [0.717, 1.165) is 27.8 Å². The van der Waals surface area contributed by atoms with Crippen molar-refractivity contribution in [3.63, 3.8) is 0 Å². The van der Waals surface area contributed by atoms with E-state index in [2.05, 4.69) is 44.9 Å². The van der Waals surface area contributed by atoms with E-state index in [9.17, 15) is 4.79 Å². The molecule has 0 unspecified atom stereocenters. The number of fused-ring (bicyclic) bond motifs is 3. The molecule has 4 aromatic rings. The molecule has 0 fully saturated rings. The molecule has 0 aliphatic heterocycles. The van der Waals surface area contributed by atoms with Gasteiger partial charge in [-0.25, -0.2) is 14.8 Å². The van der Waals surface area contributed by atoms with Crippen LogP contribution >= 0.6 is 0 Å². The molecule has 0 atom stereocenters. The fraction of sp³-hybridized carbons (Fsp3) is 0.0417. The van der Waals surface area contributed by atoms with E-state index in [4.69, 9.17) is 0 Å². The van der Waals surface area contributed by atoms with E-state index < -0.39 is 0 Å². The Morgan fingerprint density at radius 2 is 1.41 bits per heavy atom. The molecule has 1 aliphatic rings. The third-order valence-electron chi connectivity index (χ3n) is 5.12. The number of carbonyl (C=O) groups excluding carboxylic acids is 1. The number of anilines is 1. The van der Waals surface area contributed by atoms with Crippen molar-refractivity contribution in [1.82, 2.24) is 15.3 Å². The molecule has 0 radical (unpaired) electrons. The average Bonchev–Trinajstić information content (AvgIpc) is 3.09. The number of hydrogen-bond acceptors (Lipinski definition) is 3. The summed E-state index contributed by atoms with van der Waals surface area (Å²) < 4.78 is 0. The van der Waals surface area contributed by atoms with Gasteiger partial charge in [-0.1, -0.05) is 78.9 Å². The standard InChI is InChI=1S/C24H18N4O/c29-24(27-21-14-25-15-26-22(21)16-8-2-1-3-9-16)28-23-19-12-6-4-10-17(19)18-11-5-7-13-20(18)23/h1-15,23H,(H2,27,28,29). The van der Waals surface area contributed by atoms with Gasteiger partial charge in [0.25, 0.3) is 0 Å². The van der Waals surface area contributed by atoms with Crippen LogP contribution in [0.3, 0.4) is 0 Å². The average molecular weight is 378 g/mol. The van der Waals surface area contributed by atoms with Crippen LogP contribution in [-0.2, 0) is 0 Å². The van der Waals surface area contributed by atoms with Crippen molar-refractivity contribution in [1.29, 1.82) is 0 Å². The first-order valence-corrected chi connectivity index (χ1v) is 9.42. The van der Waals surface area contributed by atoms with Gasteiger partial charge >= 0.3 is 6.03 Å². The number of rotatable bonds is 3. The Hall–Kier alpha value is -3.99. The summed E-state index contributed by atoms with van der Waals surface area (Å²) in [4.78, 5) is 21.3. The van der Waals surface area contributed by atoms with Gasteiger partial charge in [0.05, 0.1) is 23.6 Å². The van der Waals surface area contributed by atoms with Gasteiger partial charge in [-0.2, -0.15) is 0 Å². The molecular formula is C24H18N4O. The van der Waals surface area contributed by atoms with Crippen LogP contribution in [-0.4, -0.2) is 16.0 Å². The van der Waals surface area contributed by atoms with Gasteiger partial charge in [-0.15, -0.1) is 0 Å². The maximum absolute atomic E-state index is 12.9. The zero-order chi connectivity index (χ0) is 19.6. The molecule has 0 bridgehead atoms. The third kappa shape index (κ3) is 3.12. The van der Waals surface area contributed by atoms with Gasteiger partial charge < -0.3 is 10.6 Å². The lowest BCUT2D eigenvalue weighted by molar-refractivity contribution is 0.250. The van der Waals surface area contributed by atoms with Crippen LogP contribution in [0.2, 0.25) is 0 Å². The molecule has 5 rings (SSSR count). The van der Waals surface area contributed by atoms with E-state index in [1.165, 1.54) is 6.33 Å². The summed E-state index contributed by atoms with van der Waals surface area (Å²) in [7, 11) is 0. The smallest absolute Gasteiger partial charge is 0.320 e. The molecule has 1 aromatic heterocycles. The van der Waals surface area contributed by atoms with Gasteiger partial charge in [-0.05, 0) is 22.3 Å². The maximum atomic E-state index is 12.9. The SMILES string of the molecule is O=C(Nc1cncnc1-c1ccccc1)NC1c2ccccc2-c2ccccc21. The molecule has 5 nitrogen and oxygen atoms in total. The number of urea groups is 1. The van der Waals surface area contributed by atoms with Gasteiger partial charge in [0.15, 0.2) is 0 Å². The molecule has 140 valence electrons. The minimum atomic E-state index is -0.298. The summed E-state index contributed by atoms with van der Waals surface area (Å²) in [6.45, 7) is 0. The molecular weight excluding hydrogens is 360 g/mol. The van der Waals surface area contributed by atoms with Crippen LogP contribution in [0.4, 0.5) is 10.5 Å². The highest BCUT2D eigenvalue weighted by Gasteiger charge is 2.29. The number of nitrogens with one attached hydrogen (secondary N) is 2. The van der Waals surface area contributed by atoms with E-state index in [0.29, 0.717) is 11.4 Å². The first-order chi connectivity index (χ1) is 14.3. The number of carbonyl (C=O) groups is 1. The normalized spacial score (nSPS) is 12.1. The molecule has 2 amide bonds. The molecule has 3 aromatic carbocycles. The van der Waals surface area contributed by atoms with Gasteiger partial charge in [-0.3, -0.25) is 0 Å². The van der Waals surface area contributed by atoms with Crippen molar-refractivity contribution >= 4 is 11.7 Å². The summed E-state index contributed by atoms with van der Waals surface area (Å²) >= 11 is 0. The first kappa shape index (κ1) is 17.1. The molecule has 1 heterocycles. The first-order valence-electron chi connectivity index (χ1n) is 9.42. The summed E-state index contributed by atoms with van der Waals surface area (Å²) in [6.07, 6.45) is 3.10. The van der Waals surface area contributed by atoms with Crippen molar-refractivity contribution in [3.05, 3.63) is 103 Å². The topological polar surface area (TPSA) is 66.9 Å². The molecule has 0 saturated carbocycles. The van der Waals surface area contributed by atoms with E-state index >= 15 is 0 Å². The van der Waals surface area contributed by atoms with E-state index in [-0.39, 0.29) is 12.1 Å². The predicted molar refractivity (Wildman–Crippen MR) is 113 cm³/mol. The van der Waals surface area contributed by atoms with Crippen LogP contribution in [0.25, 0.3) is 22.4 Å². The van der Waals surface area contributed by atoms with E-state index in [1.807, 2.05) is 54.6 Å². The van der Waals surface area contributed by atoms with Crippen molar-refractivity contribution < 1.29 is 4.79 Å². The number of nitrogens with zero attached hydrogens (tertiary/aromatic N) is 2. The third-order valence-corrected chi connectivity index (χ3v) is 5.12. The number of aromatic nitrogens is 2. The Bertz CT molecular complexity index is 1140. The maximum Gasteiger partial charge on any atom is 0.320 e. The molecule has 29 heavy (non-hydrogen) atoms. The summed E-state index contributed by atoms with van der Waals surface area (Å²) in [5.41, 5.74) is 6.66. The van der Waals surface area contributed by atoms with Crippen LogP contribution in [0.5, 0.6) is 0 Å². The van der Waals surface area contributed by atoms with E-state index in [1.54, 1.807) is 6.20 Å². The van der Waals surface area contributed by atoms with Crippen molar-refractivity contribution in [2.45, 2.75) is 6.04 Å². The highest BCUT2D eigenvalue weighted by atomic mass is 16.2.